The Morgan fingerprint density at radius 1 is 1.40 bits per heavy atom. The maximum Gasteiger partial charge on any atom is 0.242 e. The summed E-state index contributed by atoms with van der Waals surface area (Å²) in [6, 6.07) is 5.77. The molecular formula is C15H19FN2O2. The fourth-order valence-electron chi connectivity index (χ4n) is 2.53. The number of hydrogen-bond acceptors (Lipinski definition) is 2. The lowest BCUT2D eigenvalue weighted by atomic mass is 9.79. The van der Waals surface area contributed by atoms with Gasteiger partial charge in [-0.15, -0.1) is 0 Å². The molecule has 0 aromatic heterocycles. The van der Waals surface area contributed by atoms with Gasteiger partial charge in [0.25, 0.3) is 0 Å². The molecule has 0 aliphatic carbocycles. The Hall–Kier alpha value is -1.91. The van der Waals surface area contributed by atoms with Crippen molar-refractivity contribution >= 4 is 17.5 Å². The van der Waals surface area contributed by atoms with Crippen molar-refractivity contribution in [2.75, 3.05) is 18.0 Å². The molecule has 1 saturated heterocycles. The monoisotopic (exact) mass is 278 g/mol. The summed E-state index contributed by atoms with van der Waals surface area (Å²) in [6.07, 6.45) is 1.28. The number of carbonyl (C=O) groups excluding carboxylic acids is 2. The van der Waals surface area contributed by atoms with Crippen molar-refractivity contribution in [3.63, 3.8) is 0 Å². The van der Waals surface area contributed by atoms with Crippen molar-refractivity contribution in [3.8, 4) is 0 Å². The van der Waals surface area contributed by atoms with Crippen LogP contribution in [0.5, 0.6) is 0 Å². The van der Waals surface area contributed by atoms with Gasteiger partial charge in [-0.25, -0.2) is 4.39 Å². The van der Waals surface area contributed by atoms with Gasteiger partial charge in [-0.2, -0.15) is 0 Å². The maximum atomic E-state index is 13.0. The van der Waals surface area contributed by atoms with Gasteiger partial charge >= 0.3 is 0 Å². The van der Waals surface area contributed by atoms with E-state index in [2.05, 4.69) is 5.32 Å². The number of hydrogen-bond donors (Lipinski definition) is 1. The number of carbonyl (C=O) groups is 2. The van der Waals surface area contributed by atoms with Crippen molar-refractivity contribution in [2.45, 2.75) is 26.7 Å². The van der Waals surface area contributed by atoms with Crippen molar-refractivity contribution in [3.05, 3.63) is 30.1 Å². The van der Waals surface area contributed by atoms with Crippen LogP contribution in [-0.4, -0.2) is 24.9 Å². The first kappa shape index (κ1) is 14.5. The minimum Gasteiger partial charge on any atom is -0.355 e. The molecule has 0 spiro atoms. The highest BCUT2D eigenvalue weighted by atomic mass is 19.1. The van der Waals surface area contributed by atoms with Crippen LogP contribution in [0.3, 0.4) is 0 Å². The molecule has 0 unspecified atom stereocenters. The first-order valence-electron chi connectivity index (χ1n) is 6.85. The van der Waals surface area contributed by atoms with E-state index in [0.29, 0.717) is 25.2 Å². The highest BCUT2D eigenvalue weighted by molar-refractivity contribution is 6.11. The molecule has 1 fully saturated rings. The molecule has 1 N–H and O–H groups in total. The summed E-state index contributed by atoms with van der Waals surface area (Å²) in [5.41, 5.74) is -0.408. The number of piperidine rings is 1. The van der Waals surface area contributed by atoms with E-state index >= 15 is 0 Å². The second kappa shape index (κ2) is 5.61. The molecule has 1 heterocycles. The van der Waals surface area contributed by atoms with Crippen LogP contribution >= 0.6 is 0 Å². The molecule has 0 saturated carbocycles. The molecule has 1 aliphatic rings. The van der Waals surface area contributed by atoms with Crippen molar-refractivity contribution in [1.29, 1.82) is 0 Å². The van der Waals surface area contributed by atoms with E-state index in [1.807, 2.05) is 6.92 Å². The van der Waals surface area contributed by atoms with Crippen LogP contribution < -0.4 is 10.2 Å². The first-order chi connectivity index (χ1) is 9.49. The van der Waals surface area contributed by atoms with Gasteiger partial charge in [0.1, 0.15) is 11.2 Å². The Kier molecular flexibility index (Phi) is 4.06. The van der Waals surface area contributed by atoms with Crippen LogP contribution in [0.15, 0.2) is 24.3 Å². The normalized spacial score (nSPS) is 22.8. The summed E-state index contributed by atoms with van der Waals surface area (Å²) >= 11 is 0. The SMILES string of the molecule is CCNC(=O)[C@]1(C)CCCN(c2ccc(F)cc2)C1=O. The van der Waals surface area contributed by atoms with E-state index in [-0.39, 0.29) is 17.6 Å². The number of amides is 2. The molecule has 5 heteroatoms. The number of benzene rings is 1. The summed E-state index contributed by atoms with van der Waals surface area (Å²) in [5, 5.41) is 2.72. The largest absolute Gasteiger partial charge is 0.355 e. The number of halogens is 1. The number of anilines is 1. The van der Waals surface area contributed by atoms with E-state index in [9.17, 15) is 14.0 Å². The van der Waals surface area contributed by atoms with Crippen LogP contribution in [-0.2, 0) is 9.59 Å². The van der Waals surface area contributed by atoms with E-state index < -0.39 is 5.41 Å². The Morgan fingerprint density at radius 3 is 2.65 bits per heavy atom. The molecule has 1 atom stereocenters. The number of nitrogens with one attached hydrogen (secondary N) is 1. The zero-order valence-electron chi connectivity index (χ0n) is 11.8. The summed E-state index contributed by atoms with van der Waals surface area (Å²) in [7, 11) is 0. The summed E-state index contributed by atoms with van der Waals surface area (Å²) in [5.74, 6) is -0.803. The lowest BCUT2D eigenvalue weighted by molar-refractivity contribution is -0.142. The molecule has 1 aromatic rings. The molecule has 0 radical (unpaired) electrons. The van der Waals surface area contributed by atoms with Crippen LogP contribution in [0.2, 0.25) is 0 Å². The van der Waals surface area contributed by atoms with Crippen LogP contribution in [0, 0.1) is 11.2 Å². The third-order valence-electron chi connectivity index (χ3n) is 3.75. The van der Waals surface area contributed by atoms with Gasteiger partial charge in [-0.1, -0.05) is 0 Å². The number of nitrogens with zero attached hydrogens (tertiary/aromatic N) is 1. The molecular weight excluding hydrogens is 259 g/mol. The molecule has 2 rings (SSSR count). The summed E-state index contributed by atoms with van der Waals surface area (Å²) in [6.45, 7) is 4.56. The zero-order chi connectivity index (χ0) is 14.8. The zero-order valence-corrected chi connectivity index (χ0v) is 11.8. The van der Waals surface area contributed by atoms with Crippen LogP contribution in [0.4, 0.5) is 10.1 Å². The highest BCUT2D eigenvalue weighted by Crippen LogP contribution is 2.33. The molecule has 4 nitrogen and oxygen atoms in total. The Labute approximate surface area is 118 Å². The molecule has 1 aromatic carbocycles. The van der Waals surface area contributed by atoms with Gasteiger partial charge < -0.3 is 10.2 Å². The smallest absolute Gasteiger partial charge is 0.242 e. The van der Waals surface area contributed by atoms with Gasteiger partial charge in [-0.05, 0) is 51.0 Å². The van der Waals surface area contributed by atoms with E-state index in [1.165, 1.54) is 12.1 Å². The number of rotatable bonds is 3. The average Bonchev–Trinajstić information content (AvgIpc) is 2.43. The molecule has 1 aliphatic heterocycles. The minimum absolute atomic E-state index is 0.221. The van der Waals surface area contributed by atoms with Crippen molar-refractivity contribution in [1.82, 2.24) is 5.32 Å². The van der Waals surface area contributed by atoms with Crippen LogP contribution in [0.25, 0.3) is 0 Å². The maximum absolute atomic E-state index is 13.0. The van der Waals surface area contributed by atoms with E-state index in [4.69, 9.17) is 0 Å². The van der Waals surface area contributed by atoms with Crippen molar-refractivity contribution in [2.24, 2.45) is 5.41 Å². The molecule has 0 bridgehead atoms. The van der Waals surface area contributed by atoms with Crippen LogP contribution in [0.1, 0.15) is 26.7 Å². The summed E-state index contributed by atoms with van der Waals surface area (Å²) < 4.78 is 13.0. The van der Waals surface area contributed by atoms with Gasteiger partial charge in [0, 0.05) is 18.8 Å². The van der Waals surface area contributed by atoms with Gasteiger partial charge in [-0.3, -0.25) is 9.59 Å². The molecule has 108 valence electrons. The highest BCUT2D eigenvalue weighted by Gasteiger charge is 2.46. The van der Waals surface area contributed by atoms with E-state index in [0.717, 1.165) is 6.42 Å². The predicted octanol–water partition coefficient (Wildman–Crippen LogP) is 2.09. The predicted molar refractivity (Wildman–Crippen MR) is 74.8 cm³/mol. The summed E-state index contributed by atoms with van der Waals surface area (Å²) in [4.78, 5) is 26.3. The third-order valence-corrected chi connectivity index (χ3v) is 3.75. The Bertz CT molecular complexity index is 515. The molecule has 2 amide bonds. The average molecular weight is 278 g/mol. The first-order valence-corrected chi connectivity index (χ1v) is 6.85. The lowest BCUT2D eigenvalue weighted by Crippen LogP contribution is -2.54. The topological polar surface area (TPSA) is 49.4 Å². The fraction of sp³-hybridized carbons (Fsp3) is 0.467. The van der Waals surface area contributed by atoms with E-state index in [1.54, 1.807) is 24.0 Å². The lowest BCUT2D eigenvalue weighted by Gasteiger charge is -2.38. The van der Waals surface area contributed by atoms with Gasteiger partial charge in [0.2, 0.25) is 11.8 Å². The Balaban J connectivity index is 2.26. The fourth-order valence-corrected chi connectivity index (χ4v) is 2.53. The van der Waals surface area contributed by atoms with Gasteiger partial charge in [0.15, 0.2) is 0 Å². The second-order valence-corrected chi connectivity index (χ2v) is 5.23. The van der Waals surface area contributed by atoms with Crippen molar-refractivity contribution < 1.29 is 14.0 Å². The minimum atomic E-state index is -1.04. The Morgan fingerprint density at radius 2 is 2.05 bits per heavy atom. The second-order valence-electron chi connectivity index (χ2n) is 5.23. The van der Waals surface area contributed by atoms with Gasteiger partial charge in [0.05, 0.1) is 0 Å². The standard InChI is InChI=1S/C15H19FN2O2/c1-3-17-13(19)15(2)9-4-10-18(14(15)20)12-7-5-11(16)6-8-12/h5-8H,3-4,9-10H2,1-2H3,(H,17,19)/t15-/m0/s1. The molecule has 20 heavy (non-hydrogen) atoms. The third kappa shape index (κ3) is 2.53. The quantitative estimate of drug-likeness (QED) is 0.861.